The summed E-state index contributed by atoms with van der Waals surface area (Å²) in [6.07, 6.45) is 3.50. The number of hydrogen-bond donors (Lipinski definition) is 0. The molecule has 2 heterocycles. The van der Waals surface area contributed by atoms with Crippen LogP contribution in [-0.4, -0.2) is 49.1 Å². The summed E-state index contributed by atoms with van der Waals surface area (Å²) in [6.45, 7) is 10.1. The second-order valence-corrected chi connectivity index (χ2v) is 11.2. The minimum atomic E-state index is -0.268. The Morgan fingerprint density at radius 2 is 1.23 bits per heavy atom. The molecule has 39 heavy (non-hydrogen) atoms. The number of piperazine rings is 1. The van der Waals surface area contributed by atoms with E-state index in [1.165, 1.54) is 36.2 Å². The average molecular weight is 532 g/mol. The van der Waals surface area contributed by atoms with Crippen molar-refractivity contribution in [3.05, 3.63) is 111 Å². The van der Waals surface area contributed by atoms with Crippen molar-refractivity contribution in [2.45, 2.75) is 51.6 Å². The Kier molecular flexibility index (Phi) is 8.73. The largest absolute Gasteiger partial charge is 0.368 e. The van der Waals surface area contributed by atoms with Crippen molar-refractivity contribution in [1.82, 2.24) is 9.80 Å². The van der Waals surface area contributed by atoms with Crippen LogP contribution < -0.4 is 10.3 Å². The predicted molar refractivity (Wildman–Crippen MR) is 154 cm³/mol. The SMILES string of the molecule is CC(C)c1ccc(CN2CCN(C(c3ccc(F)cc3)c3ccc(F)cc3)CC2)c(=O)c(N2CCCCC2)c1. The molecule has 4 nitrogen and oxygen atoms in total. The van der Waals surface area contributed by atoms with Gasteiger partial charge in [-0.3, -0.25) is 14.6 Å². The number of nitrogens with zero attached hydrogens (tertiary/aromatic N) is 3. The van der Waals surface area contributed by atoms with Crippen LogP contribution in [0.15, 0.2) is 71.5 Å². The summed E-state index contributed by atoms with van der Waals surface area (Å²) in [4.78, 5) is 20.8. The molecule has 0 N–H and O–H groups in total. The fraction of sp³-hybridized carbons (Fsp3) is 0.424. The molecule has 206 valence electrons. The molecule has 3 aromatic rings. The van der Waals surface area contributed by atoms with E-state index in [-0.39, 0.29) is 23.1 Å². The summed E-state index contributed by atoms with van der Waals surface area (Å²) >= 11 is 0. The number of rotatable bonds is 7. The molecule has 6 heteroatoms. The highest BCUT2D eigenvalue weighted by atomic mass is 19.1. The summed E-state index contributed by atoms with van der Waals surface area (Å²) in [7, 11) is 0. The lowest BCUT2D eigenvalue weighted by molar-refractivity contribution is 0.104. The van der Waals surface area contributed by atoms with E-state index in [4.69, 9.17) is 0 Å². The fourth-order valence-corrected chi connectivity index (χ4v) is 5.89. The Morgan fingerprint density at radius 3 is 1.77 bits per heavy atom. The van der Waals surface area contributed by atoms with E-state index in [1.54, 1.807) is 0 Å². The van der Waals surface area contributed by atoms with Gasteiger partial charge < -0.3 is 4.90 Å². The summed E-state index contributed by atoms with van der Waals surface area (Å²) in [5.41, 5.74) is 5.03. The summed E-state index contributed by atoms with van der Waals surface area (Å²) < 4.78 is 27.4. The molecule has 0 spiro atoms. The third-order valence-corrected chi connectivity index (χ3v) is 8.21. The number of benzene rings is 2. The summed E-state index contributed by atoms with van der Waals surface area (Å²) in [6, 6.07) is 19.4. The van der Waals surface area contributed by atoms with E-state index < -0.39 is 0 Å². The molecule has 0 amide bonds. The normalized spacial score (nSPS) is 17.2. The third-order valence-electron chi connectivity index (χ3n) is 8.21. The maximum Gasteiger partial charge on any atom is 0.206 e. The maximum absolute atomic E-state index is 13.8. The lowest BCUT2D eigenvalue weighted by Gasteiger charge is -2.39. The second kappa shape index (κ2) is 12.4. The molecular weight excluding hydrogens is 492 g/mol. The van der Waals surface area contributed by atoms with Crippen LogP contribution >= 0.6 is 0 Å². The van der Waals surface area contributed by atoms with Gasteiger partial charge in [-0.1, -0.05) is 50.2 Å². The molecule has 2 aliphatic rings. The van der Waals surface area contributed by atoms with Gasteiger partial charge in [0, 0.05) is 51.4 Å². The predicted octanol–water partition coefficient (Wildman–Crippen LogP) is 6.35. The molecule has 0 radical (unpaired) electrons. The first kappa shape index (κ1) is 27.5. The van der Waals surface area contributed by atoms with Gasteiger partial charge in [0.15, 0.2) is 0 Å². The lowest BCUT2D eigenvalue weighted by Crippen LogP contribution is -2.47. The number of anilines is 1. The number of piperidine rings is 1. The van der Waals surface area contributed by atoms with Crippen LogP contribution in [0, 0.1) is 11.6 Å². The minimum Gasteiger partial charge on any atom is -0.368 e. The van der Waals surface area contributed by atoms with E-state index in [1.807, 2.05) is 30.3 Å². The van der Waals surface area contributed by atoms with Crippen molar-refractivity contribution in [1.29, 1.82) is 0 Å². The van der Waals surface area contributed by atoms with E-state index in [0.717, 1.165) is 74.5 Å². The van der Waals surface area contributed by atoms with Crippen molar-refractivity contribution in [2.24, 2.45) is 0 Å². The Balaban J connectivity index is 1.35. The van der Waals surface area contributed by atoms with Crippen molar-refractivity contribution < 1.29 is 8.78 Å². The van der Waals surface area contributed by atoms with Gasteiger partial charge in [-0.2, -0.15) is 0 Å². The van der Waals surface area contributed by atoms with Crippen LogP contribution in [0.3, 0.4) is 0 Å². The molecule has 0 saturated carbocycles. The zero-order valence-corrected chi connectivity index (χ0v) is 23.1. The Bertz CT molecular complexity index is 1250. The molecule has 0 unspecified atom stereocenters. The summed E-state index contributed by atoms with van der Waals surface area (Å²) in [5.74, 6) is -0.183. The van der Waals surface area contributed by atoms with Gasteiger partial charge >= 0.3 is 0 Å². The van der Waals surface area contributed by atoms with Gasteiger partial charge in [-0.25, -0.2) is 8.78 Å². The molecule has 0 bridgehead atoms. The van der Waals surface area contributed by atoms with E-state index in [2.05, 4.69) is 40.7 Å². The highest BCUT2D eigenvalue weighted by Gasteiger charge is 2.27. The molecule has 5 rings (SSSR count). The Hall–Kier alpha value is -3.09. The van der Waals surface area contributed by atoms with E-state index >= 15 is 0 Å². The fourth-order valence-electron chi connectivity index (χ4n) is 5.89. The van der Waals surface area contributed by atoms with Gasteiger partial charge in [0.1, 0.15) is 11.6 Å². The molecule has 2 fully saturated rings. The third kappa shape index (κ3) is 6.56. The van der Waals surface area contributed by atoms with Crippen molar-refractivity contribution in [3.63, 3.8) is 0 Å². The molecule has 0 aromatic heterocycles. The highest BCUT2D eigenvalue weighted by Crippen LogP contribution is 2.30. The second-order valence-electron chi connectivity index (χ2n) is 11.2. The van der Waals surface area contributed by atoms with Crippen LogP contribution in [0.2, 0.25) is 0 Å². The van der Waals surface area contributed by atoms with Gasteiger partial charge in [0.05, 0.1) is 11.7 Å². The highest BCUT2D eigenvalue weighted by molar-refractivity contribution is 5.50. The van der Waals surface area contributed by atoms with Crippen LogP contribution in [0.4, 0.5) is 14.5 Å². The average Bonchev–Trinajstić information content (AvgIpc) is 3.11. The number of halogens is 2. The lowest BCUT2D eigenvalue weighted by atomic mass is 9.96. The molecule has 0 atom stereocenters. The first-order chi connectivity index (χ1) is 18.9. The van der Waals surface area contributed by atoms with Crippen LogP contribution in [0.25, 0.3) is 0 Å². The first-order valence-corrected chi connectivity index (χ1v) is 14.3. The quantitative estimate of drug-likeness (QED) is 0.355. The summed E-state index contributed by atoms with van der Waals surface area (Å²) in [5, 5.41) is 0. The van der Waals surface area contributed by atoms with Crippen molar-refractivity contribution in [2.75, 3.05) is 44.2 Å². The van der Waals surface area contributed by atoms with E-state index in [9.17, 15) is 13.6 Å². The van der Waals surface area contributed by atoms with Gasteiger partial charge in [0.2, 0.25) is 5.43 Å². The monoisotopic (exact) mass is 531 g/mol. The number of hydrogen-bond acceptors (Lipinski definition) is 4. The molecule has 0 aliphatic carbocycles. The standard InChI is InChI=1S/C33H39F2N3O/c1-24(2)27-6-7-28(33(39)31(22-27)37-16-4-3-5-17-37)23-36-18-20-38(21-19-36)32(25-8-12-29(34)13-9-25)26-10-14-30(35)15-11-26/h6-15,22,24,32H,3-5,16-21,23H2,1-2H3. The first-order valence-electron chi connectivity index (χ1n) is 14.3. The van der Waals surface area contributed by atoms with Crippen molar-refractivity contribution >= 4 is 5.69 Å². The smallest absolute Gasteiger partial charge is 0.206 e. The van der Waals surface area contributed by atoms with Gasteiger partial charge in [0.25, 0.3) is 0 Å². The zero-order valence-electron chi connectivity index (χ0n) is 23.1. The van der Waals surface area contributed by atoms with Crippen LogP contribution in [-0.2, 0) is 6.54 Å². The zero-order chi connectivity index (χ0) is 27.4. The Morgan fingerprint density at radius 1 is 0.692 bits per heavy atom. The molecular formula is C33H39F2N3O. The molecule has 3 aromatic carbocycles. The molecule has 2 aliphatic heterocycles. The maximum atomic E-state index is 13.8. The van der Waals surface area contributed by atoms with Crippen LogP contribution in [0.5, 0.6) is 0 Å². The van der Waals surface area contributed by atoms with Gasteiger partial charge in [-0.05, 0) is 72.2 Å². The minimum absolute atomic E-state index is 0.0859. The molecule has 2 saturated heterocycles. The van der Waals surface area contributed by atoms with Crippen molar-refractivity contribution in [3.8, 4) is 0 Å². The topological polar surface area (TPSA) is 26.8 Å². The Labute approximate surface area is 230 Å². The van der Waals surface area contributed by atoms with Gasteiger partial charge in [-0.15, -0.1) is 0 Å². The van der Waals surface area contributed by atoms with E-state index in [0.29, 0.717) is 12.5 Å². The van der Waals surface area contributed by atoms with Crippen LogP contribution in [0.1, 0.15) is 67.3 Å².